The third kappa shape index (κ3) is 5.05. The van der Waals surface area contributed by atoms with Crippen LogP contribution in [0.3, 0.4) is 0 Å². The van der Waals surface area contributed by atoms with Crippen molar-refractivity contribution in [3.05, 3.63) is 35.4 Å². The number of carbonyl (C=O) groups is 2. The predicted octanol–water partition coefficient (Wildman–Crippen LogP) is 2.85. The molecule has 0 bridgehead atoms. The van der Waals surface area contributed by atoms with E-state index in [-0.39, 0.29) is 24.0 Å². The van der Waals surface area contributed by atoms with Gasteiger partial charge in [-0.3, -0.25) is 0 Å². The lowest BCUT2D eigenvalue weighted by Gasteiger charge is -2.13. The second kappa shape index (κ2) is 8.64. The Morgan fingerprint density at radius 1 is 0.962 bits per heavy atom. The average Bonchev–Trinajstić information content (AvgIpc) is 3.55. The van der Waals surface area contributed by atoms with Gasteiger partial charge in [-0.1, -0.05) is 19.9 Å². The van der Waals surface area contributed by atoms with E-state index < -0.39 is 11.9 Å². The normalized spacial score (nSPS) is 23.0. The summed E-state index contributed by atoms with van der Waals surface area (Å²) < 4.78 is 21.3. The van der Waals surface area contributed by atoms with Crippen LogP contribution >= 0.6 is 0 Å². The minimum atomic E-state index is -0.434. The Bertz CT molecular complexity index is 584. The second-order valence-corrected chi connectivity index (χ2v) is 6.86. The molecule has 0 aliphatic carbocycles. The van der Waals surface area contributed by atoms with Crippen LogP contribution < -0.4 is 0 Å². The highest BCUT2D eigenvalue weighted by Gasteiger charge is 2.33. The monoisotopic (exact) mass is 362 g/mol. The Kier molecular flexibility index (Phi) is 6.27. The van der Waals surface area contributed by atoms with Gasteiger partial charge in [-0.25, -0.2) is 9.59 Å². The Balaban J connectivity index is 1.52. The van der Waals surface area contributed by atoms with Gasteiger partial charge in [0.25, 0.3) is 0 Å². The number of ether oxygens (including phenoxy) is 4. The van der Waals surface area contributed by atoms with E-state index >= 15 is 0 Å². The summed E-state index contributed by atoms with van der Waals surface area (Å²) in [5, 5.41) is 0. The molecule has 2 saturated heterocycles. The molecule has 2 aliphatic rings. The van der Waals surface area contributed by atoms with Crippen molar-refractivity contribution in [2.24, 2.45) is 11.8 Å². The number of rotatable bonds is 10. The van der Waals surface area contributed by atoms with Crippen LogP contribution in [0.1, 0.15) is 47.4 Å². The third-order valence-corrected chi connectivity index (χ3v) is 5.01. The third-order valence-electron chi connectivity index (χ3n) is 5.01. The summed E-state index contributed by atoms with van der Waals surface area (Å²) in [5.41, 5.74) is 0.701. The number of esters is 2. The molecular formula is C20H26O6. The maximum absolute atomic E-state index is 12.3. The molecule has 6 nitrogen and oxygen atoms in total. The lowest BCUT2D eigenvalue weighted by Crippen LogP contribution is -2.19. The maximum Gasteiger partial charge on any atom is 0.338 e. The lowest BCUT2D eigenvalue weighted by atomic mass is 10.0. The Labute approximate surface area is 153 Å². The zero-order chi connectivity index (χ0) is 18.5. The van der Waals surface area contributed by atoms with Crippen molar-refractivity contribution in [2.45, 2.75) is 38.9 Å². The first-order chi connectivity index (χ1) is 12.6. The molecule has 1 aromatic carbocycles. The highest BCUT2D eigenvalue weighted by Crippen LogP contribution is 2.24. The SMILES string of the molecule is CCC(COC(=O)c1cccc(C(=O)OCC(CC)C2CO2)c1)C1CO1. The van der Waals surface area contributed by atoms with E-state index in [4.69, 9.17) is 18.9 Å². The van der Waals surface area contributed by atoms with Crippen LogP contribution in [-0.4, -0.2) is 50.6 Å². The molecule has 3 rings (SSSR count). The summed E-state index contributed by atoms with van der Waals surface area (Å²) >= 11 is 0. The van der Waals surface area contributed by atoms with Crippen molar-refractivity contribution in [1.82, 2.24) is 0 Å². The van der Waals surface area contributed by atoms with Crippen LogP contribution in [0.4, 0.5) is 0 Å². The van der Waals surface area contributed by atoms with Crippen molar-refractivity contribution in [3.63, 3.8) is 0 Å². The summed E-state index contributed by atoms with van der Waals surface area (Å²) in [5.74, 6) is -0.418. The van der Waals surface area contributed by atoms with Gasteiger partial charge in [0.15, 0.2) is 0 Å². The van der Waals surface area contributed by atoms with E-state index in [0.717, 1.165) is 26.1 Å². The van der Waals surface area contributed by atoms with Crippen molar-refractivity contribution < 1.29 is 28.5 Å². The highest BCUT2D eigenvalue weighted by molar-refractivity contribution is 5.95. The Morgan fingerprint density at radius 3 is 1.73 bits per heavy atom. The standard InChI is InChI=1S/C20H26O6/c1-3-13(17-11-23-17)9-25-19(21)15-6-5-7-16(8-15)20(22)26-10-14(4-2)18-12-24-18/h5-8,13-14,17-18H,3-4,9-12H2,1-2H3. The summed E-state index contributed by atoms with van der Waals surface area (Å²) in [4.78, 5) is 24.5. The minimum absolute atomic E-state index is 0.205. The predicted molar refractivity (Wildman–Crippen MR) is 94.0 cm³/mol. The van der Waals surface area contributed by atoms with Crippen LogP contribution in [0.5, 0.6) is 0 Å². The minimum Gasteiger partial charge on any atom is -0.462 e. The maximum atomic E-state index is 12.3. The van der Waals surface area contributed by atoms with Crippen molar-refractivity contribution in [2.75, 3.05) is 26.4 Å². The molecule has 0 radical (unpaired) electrons. The number of hydrogen-bond acceptors (Lipinski definition) is 6. The molecule has 4 unspecified atom stereocenters. The second-order valence-electron chi connectivity index (χ2n) is 6.86. The van der Waals surface area contributed by atoms with Crippen molar-refractivity contribution in [3.8, 4) is 0 Å². The van der Waals surface area contributed by atoms with E-state index in [9.17, 15) is 9.59 Å². The number of epoxide rings is 2. The van der Waals surface area contributed by atoms with Gasteiger partial charge in [-0.05, 0) is 31.0 Å². The highest BCUT2D eigenvalue weighted by atomic mass is 16.6. The molecule has 0 aromatic heterocycles. The van der Waals surface area contributed by atoms with Crippen LogP contribution in [0.25, 0.3) is 0 Å². The fourth-order valence-corrected chi connectivity index (χ4v) is 2.94. The summed E-state index contributed by atoms with van der Waals surface area (Å²) in [6.45, 7) is 6.23. The van der Waals surface area contributed by atoms with Gasteiger partial charge in [-0.15, -0.1) is 0 Å². The van der Waals surface area contributed by atoms with E-state index in [2.05, 4.69) is 0 Å². The number of carbonyl (C=O) groups excluding carboxylic acids is 2. The van der Waals surface area contributed by atoms with E-state index in [1.807, 2.05) is 13.8 Å². The number of benzene rings is 1. The average molecular weight is 362 g/mol. The summed E-state index contributed by atoms with van der Waals surface area (Å²) in [7, 11) is 0. The molecular weight excluding hydrogens is 336 g/mol. The number of hydrogen-bond donors (Lipinski definition) is 0. The first-order valence-electron chi connectivity index (χ1n) is 9.29. The van der Waals surface area contributed by atoms with Gasteiger partial charge in [0.05, 0.1) is 49.8 Å². The molecule has 4 atom stereocenters. The molecule has 2 fully saturated rings. The molecule has 0 N–H and O–H groups in total. The molecule has 0 amide bonds. The molecule has 1 aromatic rings. The Hall–Kier alpha value is -1.92. The fraction of sp³-hybridized carbons (Fsp3) is 0.600. The van der Waals surface area contributed by atoms with Gasteiger partial charge in [0.1, 0.15) is 0 Å². The van der Waals surface area contributed by atoms with Gasteiger partial charge < -0.3 is 18.9 Å². The smallest absolute Gasteiger partial charge is 0.338 e. The molecule has 6 heteroatoms. The molecule has 0 spiro atoms. The van der Waals surface area contributed by atoms with Crippen LogP contribution in [0.2, 0.25) is 0 Å². The Morgan fingerprint density at radius 2 is 1.38 bits per heavy atom. The van der Waals surface area contributed by atoms with E-state index in [1.54, 1.807) is 18.2 Å². The fourth-order valence-electron chi connectivity index (χ4n) is 2.94. The lowest BCUT2D eigenvalue weighted by molar-refractivity contribution is 0.0413. The molecule has 2 heterocycles. The van der Waals surface area contributed by atoms with Crippen LogP contribution in [0, 0.1) is 11.8 Å². The van der Waals surface area contributed by atoms with Gasteiger partial charge >= 0.3 is 11.9 Å². The zero-order valence-electron chi connectivity index (χ0n) is 15.3. The van der Waals surface area contributed by atoms with Gasteiger partial charge in [0, 0.05) is 11.8 Å². The van der Waals surface area contributed by atoms with E-state index in [1.165, 1.54) is 6.07 Å². The van der Waals surface area contributed by atoms with E-state index in [0.29, 0.717) is 24.3 Å². The molecule has 2 aliphatic heterocycles. The summed E-state index contributed by atoms with van der Waals surface area (Å²) in [6, 6.07) is 6.46. The van der Waals surface area contributed by atoms with Crippen LogP contribution in [-0.2, 0) is 18.9 Å². The van der Waals surface area contributed by atoms with Gasteiger partial charge in [-0.2, -0.15) is 0 Å². The first-order valence-corrected chi connectivity index (χ1v) is 9.29. The summed E-state index contributed by atoms with van der Waals surface area (Å²) in [6.07, 6.45) is 2.20. The molecule has 142 valence electrons. The quantitative estimate of drug-likeness (QED) is 0.470. The van der Waals surface area contributed by atoms with Crippen molar-refractivity contribution in [1.29, 1.82) is 0 Å². The topological polar surface area (TPSA) is 77.7 Å². The molecule has 26 heavy (non-hydrogen) atoms. The van der Waals surface area contributed by atoms with Crippen molar-refractivity contribution >= 4 is 11.9 Å². The van der Waals surface area contributed by atoms with Gasteiger partial charge in [0.2, 0.25) is 0 Å². The largest absolute Gasteiger partial charge is 0.462 e. The van der Waals surface area contributed by atoms with Crippen LogP contribution in [0.15, 0.2) is 24.3 Å². The first kappa shape index (κ1) is 18.9. The molecule has 0 saturated carbocycles. The zero-order valence-corrected chi connectivity index (χ0v) is 15.3.